The molecule has 0 aliphatic carbocycles. The van der Waals surface area contributed by atoms with Crippen molar-refractivity contribution in [3.63, 3.8) is 0 Å². The Morgan fingerprint density at radius 1 is 0.800 bits per heavy atom. The van der Waals surface area contributed by atoms with Gasteiger partial charge < -0.3 is 10.6 Å². The molecule has 35 heavy (non-hydrogen) atoms. The van der Waals surface area contributed by atoms with Crippen molar-refractivity contribution >= 4 is 17.5 Å². The standard InChI is InChI=1S/C28H29N5O2/c29-18-22-10-12-24(13-11-22)20-32-14-16-33(17-15-32)21-27(34)31-26-9-5-4-8-25(26)28(35)30-19-23-6-2-1-3-7-23/h1-13H,14-17,19-21H2,(H,30,35)(H,31,34). The highest BCUT2D eigenvalue weighted by molar-refractivity contribution is 6.04. The molecule has 7 heteroatoms. The van der Waals surface area contributed by atoms with Gasteiger partial charge in [0, 0.05) is 39.3 Å². The zero-order chi connectivity index (χ0) is 24.5. The Bertz CT molecular complexity index is 1180. The SMILES string of the molecule is N#Cc1ccc(CN2CCN(CC(=O)Nc3ccccc3C(=O)NCc3ccccc3)CC2)cc1. The number of carbonyl (C=O) groups is 2. The lowest BCUT2D eigenvalue weighted by Crippen LogP contribution is -2.48. The Morgan fingerprint density at radius 2 is 1.46 bits per heavy atom. The summed E-state index contributed by atoms with van der Waals surface area (Å²) in [4.78, 5) is 30.0. The van der Waals surface area contributed by atoms with Crippen molar-refractivity contribution in [2.75, 3.05) is 38.0 Å². The molecule has 1 aliphatic heterocycles. The van der Waals surface area contributed by atoms with Crippen LogP contribution >= 0.6 is 0 Å². The van der Waals surface area contributed by atoms with Crippen LogP contribution in [-0.4, -0.2) is 54.3 Å². The minimum absolute atomic E-state index is 0.131. The molecule has 3 aromatic rings. The van der Waals surface area contributed by atoms with Crippen molar-refractivity contribution in [1.82, 2.24) is 15.1 Å². The first-order chi connectivity index (χ1) is 17.1. The summed E-state index contributed by atoms with van der Waals surface area (Å²) in [5.41, 5.74) is 3.82. The van der Waals surface area contributed by atoms with E-state index in [-0.39, 0.29) is 18.4 Å². The molecular weight excluding hydrogens is 438 g/mol. The fraction of sp³-hybridized carbons (Fsp3) is 0.250. The summed E-state index contributed by atoms with van der Waals surface area (Å²) in [6.45, 7) is 4.86. The van der Waals surface area contributed by atoms with Crippen LogP contribution in [0.1, 0.15) is 27.0 Å². The van der Waals surface area contributed by atoms with E-state index in [0.717, 1.165) is 38.3 Å². The number of anilines is 1. The molecule has 2 N–H and O–H groups in total. The molecule has 1 saturated heterocycles. The highest BCUT2D eigenvalue weighted by Crippen LogP contribution is 2.16. The quantitative estimate of drug-likeness (QED) is 0.531. The van der Waals surface area contributed by atoms with Gasteiger partial charge in [-0.1, -0.05) is 54.6 Å². The summed E-state index contributed by atoms with van der Waals surface area (Å²) < 4.78 is 0. The molecule has 2 amide bonds. The van der Waals surface area contributed by atoms with Crippen LogP contribution in [0.4, 0.5) is 5.69 Å². The molecule has 0 unspecified atom stereocenters. The summed E-state index contributed by atoms with van der Waals surface area (Å²) in [5, 5.41) is 14.8. The molecule has 0 radical (unpaired) electrons. The fourth-order valence-corrected chi connectivity index (χ4v) is 4.10. The van der Waals surface area contributed by atoms with E-state index in [1.54, 1.807) is 18.2 Å². The molecule has 4 rings (SSSR count). The number of piperazine rings is 1. The number of nitriles is 1. The zero-order valence-electron chi connectivity index (χ0n) is 19.6. The summed E-state index contributed by atoms with van der Waals surface area (Å²) in [7, 11) is 0. The minimum Gasteiger partial charge on any atom is -0.348 e. The maximum atomic E-state index is 12.7. The second-order valence-corrected chi connectivity index (χ2v) is 8.62. The van der Waals surface area contributed by atoms with Crippen molar-refractivity contribution in [3.8, 4) is 6.07 Å². The number of para-hydroxylation sites is 1. The van der Waals surface area contributed by atoms with Gasteiger partial charge >= 0.3 is 0 Å². The summed E-state index contributed by atoms with van der Waals surface area (Å²) in [5.74, 6) is -0.352. The summed E-state index contributed by atoms with van der Waals surface area (Å²) in [6, 6.07) is 26.6. The van der Waals surface area contributed by atoms with E-state index in [1.165, 1.54) is 5.56 Å². The molecule has 1 fully saturated rings. The second kappa shape index (κ2) is 11.9. The average Bonchev–Trinajstić information content (AvgIpc) is 2.90. The monoisotopic (exact) mass is 467 g/mol. The van der Waals surface area contributed by atoms with Crippen molar-refractivity contribution in [1.29, 1.82) is 5.26 Å². The first-order valence-electron chi connectivity index (χ1n) is 11.8. The normalized spacial score (nSPS) is 14.1. The number of carbonyl (C=O) groups excluding carboxylic acids is 2. The van der Waals surface area contributed by atoms with Crippen LogP contribution in [0.25, 0.3) is 0 Å². The zero-order valence-corrected chi connectivity index (χ0v) is 19.6. The predicted octanol–water partition coefficient (Wildman–Crippen LogP) is 3.24. The highest BCUT2D eigenvalue weighted by Gasteiger charge is 2.20. The topological polar surface area (TPSA) is 88.5 Å². The van der Waals surface area contributed by atoms with Gasteiger partial charge in [-0.15, -0.1) is 0 Å². The van der Waals surface area contributed by atoms with E-state index < -0.39 is 0 Å². The van der Waals surface area contributed by atoms with Crippen LogP contribution in [0.2, 0.25) is 0 Å². The number of benzene rings is 3. The van der Waals surface area contributed by atoms with Crippen molar-refractivity contribution in [2.24, 2.45) is 0 Å². The van der Waals surface area contributed by atoms with Gasteiger partial charge in [0.2, 0.25) is 5.91 Å². The van der Waals surface area contributed by atoms with Crippen molar-refractivity contribution in [2.45, 2.75) is 13.1 Å². The molecule has 0 bridgehead atoms. The van der Waals surface area contributed by atoms with Gasteiger partial charge in [0.25, 0.3) is 5.91 Å². The lowest BCUT2D eigenvalue weighted by molar-refractivity contribution is -0.117. The molecule has 1 heterocycles. The summed E-state index contributed by atoms with van der Waals surface area (Å²) >= 11 is 0. The highest BCUT2D eigenvalue weighted by atomic mass is 16.2. The largest absolute Gasteiger partial charge is 0.348 e. The molecule has 0 atom stereocenters. The lowest BCUT2D eigenvalue weighted by Gasteiger charge is -2.34. The molecule has 7 nitrogen and oxygen atoms in total. The van der Waals surface area contributed by atoms with Gasteiger partial charge in [-0.3, -0.25) is 19.4 Å². The third-order valence-electron chi connectivity index (χ3n) is 6.06. The van der Waals surface area contributed by atoms with Gasteiger partial charge in [-0.05, 0) is 35.4 Å². The van der Waals surface area contributed by atoms with E-state index in [2.05, 4.69) is 26.5 Å². The molecule has 3 aromatic carbocycles. The summed E-state index contributed by atoms with van der Waals surface area (Å²) in [6.07, 6.45) is 0. The van der Waals surface area contributed by atoms with E-state index in [9.17, 15) is 9.59 Å². The predicted molar refractivity (Wildman–Crippen MR) is 136 cm³/mol. The van der Waals surface area contributed by atoms with E-state index >= 15 is 0 Å². The van der Waals surface area contributed by atoms with Crippen LogP contribution in [0, 0.1) is 11.3 Å². The maximum Gasteiger partial charge on any atom is 0.253 e. The smallest absolute Gasteiger partial charge is 0.253 e. The maximum absolute atomic E-state index is 12.7. The van der Waals surface area contributed by atoms with Crippen LogP contribution < -0.4 is 10.6 Å². The van der Waals surface area contributed by atoms with E-state index in [0.29, 0.717) is 23.4 Å². The number of hydrogen-bond donors (Lipinski definition) is 2. The Balaban J connectivity index is 1.25. The average molecular weight is 468 g/mol. The molecule has 0 aromatic heterocycles. The van der Waals surface area contributed by atoms with Gasteiger partial charge in [-0.2, -0.15) is 5.26 Å². The molecule has 0 saturated carbocycles. The fourth-order valence-electron chi connectivity index (χ4n) is 4.10. The van der Waals surface area contributed by atoms with Crippen LogP contribution in [0.15, 0.2) is 78.9 Å². The Labute approximate surface area is 206 Å². The number of rotatable bonds is 8. The molecule has 178 valence electrons. The third kappa shape index (κ3) is 7.00. The van der Waals surface area contributed by atoms with Gasteiger partial charge in [0.05, 0.1) is 29.4 Å². The lowest BCUT2D eigenvalue weighted by atomic mass is 10.1. The van der Waals surface area contributed by atoms with Crippen LogP contribution in [-0.2, 0) is 17.9 Å². The van der Waals surface area contributed by atoms with E-state index in [1.807, 2.05) is 60.7 Å². The van der Waals surface area contributed by atoms with Crippen LogP contribution in [0.3, 0.4) is 0 Å². The van der Waals surface area contributed by atoms with Crippen LogP contribution in [0.5, 0.6) is 0 Å². The number of hydrogen-bond acceptors (Lipinski definition) is 5. The van der Waals surface area contributed by atoms with Crippen molar-refractivity contribution in [3.05, 3.63) is 101 Å². The van der Waals surface area contributed by atoms with Gasteiger partial charge in [-0.25, -0.2) is 0 Å². The number of nitrogens with one attached hydrogen (secondary N) is 2. The molecule has 1 aliphatic rings. The Morgan fingerprint density at radius 3 is 2.17 bits per heavy atom. The second-order valence-electron chi connectivity index (χ2n) is 8.62. The third-order valence-corrected chi connectivity index (χ3v) is 6.06. The first-order valence-corrected chi connectivity index (χ1v) is 11.8. The van der Waals surface area contributed by atoms with E-state index in [4.69, 9.17) is 5.26 Å². The number of nitrogens with zero attached hydrogens (tertiary/aromatic N) is 3. The van der Waals surface area contributed by atoms with Gasteiger partial charge in [0.15, 0.2) is 0 Å². The van der Waals surface area contributed by atoms with Gasteiger partial charge in [0.1, 0.15) is 0 Å². The Kier molecular flexibility index (Phi) is 8.23. The first kappa shape index (κ1) is 24.1. The Hall–Kier alpha value is -3.99. The number of amides is 2. The molecular formula is C28H29N5O2. The molecule has 0 spiro atoms. The van der Waals surface area contributed by atoms with Crippen molar-refractivity contribution < 1.29 is 9.59 Å². The minimum atomic E-state index is -0.221.